The minimum absolute atomic E-state index is 0. The summed E-state index contributed by atoms with van der Waals surface area (Å²) in [7, 11) is 0. The molecule has 5 heteroatoms. The van der Waals surface area contributed by atoms with Crippen molar-refractivity contribution >= 4 is 34.0 Å². The molecule has 1 aromatic carbocycles. The standard InChI is InChI=1S/C8H4Cl2N2.Pt/c9-7-5-3-1-2-4-6(5)8(10)12-11-7;/h1-4H;. The molecule has 0 amide bonds. The van der Waals surface area contributed by atoms with Gasteiger partial charge in [0.1, 0.15) is 0 Å². The van der Waals surface area contributed by atoms with Gasteiger partial charge in [0.25, 0.3) is 0 Å². The van der Waals surface area contributed by atoms with Crippen molar-refractivity contribution in [2.24, 2.45) is 0 Å². The molecule has 0 fully saturated rings. The van der Waals surface area contributed by atoms with Crippen LogP contribution in [0.2, 0.25) is 10.3 Å². The number of nitrogens with zero attached hydrogens (tertiary/aromatic N) is 2. The SMILES string of the molecule is Clc1nnc(Cl)c2ccccc12.[Pt]. The van der Waals surface area contributed by atoms with Crippen molar-refractivity contribution in [1.29, 1.82) is 0 Å². The van der Waals surface area contributed by atoms with Crippen LogP contribution in [0.1, 0.15) is 0 Å². The number of hydrogen-bond acceptors (Lipinski definition) is 2. The number of fused-ring (bicyclic) bond motifs is 1. The van der Waals surface area contributed by atoms with E-state index in [0.29, 0.717) is 10.3 Å². The third-order valence-electron chi connectivity index (χ3n) is 1.60. The summed E-state index contributed by atoms with van der Waals surface area (Å²) in [6.07, 6.45) is 0. The summed E-state index contributed by atoms with van der Waals surface area (Å²) in [5, 5.41) is 9.81. The molecule has 0 atom stereocenters. The first-order valence-corrected chi connectivity index (χ1v) is 4.11. The topological polar surface area (TPSA) is 25.8 Å². The van der Waals surface area contributed by atoms with Gasteiger partial charge >= 0.3 is 0 Å². The summed E-state index contributed by atoms with van der Waals surface area (Å²) >= 11 is 11.6. The molecule has 0 aliphatic heterocycles. The smallest absolute Gasteiger partial charge is 0.136 e. The number of rotatable bonds is 0. The maximum Gasteiger partial charge on any atom is 0.159 e. The van der Waals surface area contributed by atoms with Crippen LogP contribution < -0.4 is 0 Å². The van der Waals surface area contributed by atoms with E-state index in [2.05, 4.69) is 10.2 Å². The largest absolute Gasteiger partial charge is 0.159 e. The normalized spacial score (nSPS) is 9.69. The van der Waals surface area contributed by atoms with Gasteiger partial charge in [-0.2, -0.15) is 0 Å². The van der Waals surface area contributed by atoms with Gasteiger partial charge in [0.15, 0.2) is 10.3 Å². The van der Waals surface area contributed by atoms with Gasteiger partial charge in [-0.25, -0.2) is 0 Å². The van der Waals surface area contributed by atoms with E-state index in [4.69, 9.17) is 23.2 Å². The average Bonchev–Trinajstić information content (AvgIpc) is 2.12. The molecular formula is C8H4Cl2N2Pt. The Kier molecular flexibility index (Phi) is 3.66. The molecule has 1 aromatic heterocycles. The van der Waals surface area contributed by atoms with Gasteiger partial charge in [-0.1, -0.05) is 47.5 Å². The molecule has 0 aliphatic carbocycles. The zero-order valence-corrected chi connectivity index (χ0v) is 10.1. The fourth-order valence-electron chi connectivity index (χ4n) is 1.04. The van der Waals surface area contributed by atoms with Crippen molar-refractivity contribution in [2.75, 3.05) is 0 Å². The van der Waals surface area contributed by atoms with Gasteiger partial charge < -0.3 is 0 Å². The predicted molar refractivity (Wildman–Crippen MR) is 49.6 cm³/mol. The van der Waals surface area contributed by atoms with Gasteiger partial charge in [0.05, 0.1) is 0 Å². The van der Waals surface area contributed by atoms with Crippen molar-refractivity contribution in [3.05, 3.63) is 34.6 Å². The Labute approximate surface area is 99.5 Å². The number of benzene rings is 1. The zero-order chi connectivity index (χ0) is 8.55. The Morgan fingerprint density at radius 3 is 1.62 bits per heavy atom. The summed E-state index contributed by atoms with van der Waals surface area (Å²) in [5.41, 5.74) is 0. The maximum absolute atomic E-state index is 5.80. The quantitative estimate of drug-likeness (QED) is 0.687. The monoisotopic (exact) mass is 393 g/mol. The summed E-state index contributed by atoms with van der Waals surface area (Å²) in [6, 6.07) is 7.48. The molecule has 1 heterocycles. The summed E-state index contributed by atoms with van der Waals surface area (Å²) < 4.78 is 0. The molecule has 0 aliphatic rings. The zero-order valence-electron chi connectivity index (χ0n) is 6.28. The van der Waals surface area contributed by atoms with E-state index in [1.54, 1.807) is 0 Å². The second-order valence-electron chi connectivity index (χ2n) is 2.33. The second kappa shape index (κ2) is 4.36. The molecule has 0 bridgehead atoms. The van der Waals surface area contributed by atoms with E-state index in [1.807, 2.05) is 24.3 Å². The van der Waals surface area contributed by atoms with Gasteiger partial charge in [-0.05, 0) is 0 Å². The van der Waals surface area contributed by atoms with Gasteiger partial charge in [0, 0.05) is 31.8 Å². The van der Waals surface area contributed by atoms with Crippen molar-refractivity contribution in [1.82, 2.24) is 10.2 Å². The molecule has 0 unspecified atom stereocenters. The molecule has 0 spiro atoms. The predicted octanol–water partition coefficient (Wildman–Crippen LogP) is 2.93. The number of aromatic nitrogens is 2. The first kappa shape index (κ1) is 10.9. The molecule has 2 nitrogen and oxygen atoms in total. The number of hydrogen-bond donors (Lipinski definition) is 0. The second-order valence-corrected chi connectivity index (χ2v) is 3.04. The Morgan fingerprint density at radius 2 is 1.23 bits per heavy atom. The Hall–Kier alpha value is -0.172. The van der Waals surface area contributed by atoms with Crippen molar-refractivity contribution in [2.45, 2.75) is 0 Å². The molecule has 13 heavy (non-hydrogen) atoms. The van der Waals surface area contributed by atoms with Crippen LogP contribution in [0.5, 0.6) is 0 Å². The van der Waals surface area contributed by atoms with Crippen LogP contribution in [0, 0.1) is 0 Å². The van der Waals surface area contributed by atoms with Crippen LogP contribution in [-0.4, -0.2) is 10.2 Å². The molecule has 0 saturated carbocycles. The van der Waals surface area contributed by atoms with E-state index in [-0.39, 0.29) is 21.1 Å². The fraction of sp³-hybridized carbons (Fsp3) is 0. The minimum atomic E-state index is 0. The van der Waals surface area contributed by atoms with E-state index in [1.165, 1.54) is 0 Å². The molecular weight excluding hydrogens is 390 g/mol. The number of halogens is 2. The fourth-order valence-corrected chi connectivity index (χ4v) is 1.44. The molecule has 2 rings (SSSR count). The maximum atomic E-state index is 5.80. The Bertz CT molecular complexity index is 393. The molecule has 0 radical (unpaired) electrons. The molecule has 70 valence electrons. The van der Waals surface area contributed by atoms with Gasteiger partial charge in [-0.15, -0.1) is 10.2 Å². The average molecular weight is 394 g/mol. The third-order valence-corrected chi connectivity index (χ3v) is 2.16. The summed E-state index contributed by atoms with van der Waals surface area (Å²) in [4.78, 5) is 0. The van der Waals surface area contributed by atoms with E-state index in [0.717, 1.165) is 10.8 Å². The molecule has 0 saturated heterocycles. The van der Waals surface area contributed by atoms with Crippen LogP contribution in [0.15, 0.2) is 24.3 Å². The van der Waals surface area contributed by atoms with Crippen LogP contribution in [0.3, 0.4) is 0 Å². The van der Waals surface area contributed by atoms with Crippen LogP contribution >= 0.6 is 23.2 Å². The summed E-state index contributed by atoms with van der Waals surface area (Å²) in [6.45, 7) is 0. The minimum Gasteiger partial charge on any atom is -0.136 e. The van der Waals surface area contributed by atoms with Crippen molar-refractivity contribution < 1.29 is 21.1 Å². The van der Waals surface area contributed by atoms with E-state index in [9.17, 15) is 0 Å². The van der Waals surface area contributed by atoms with E-state index >= 15 is 0 Å². The first-order valence-electron chi connectivity index (χ1n) is 3.35. The third kappa shape index (κ3) is 2.01. The van der Waals surface area contributed by atoms with Crippen LogP contribution in [0.4, 0.5) is 0 Å². The Balaban J connectivity index is 0.000000845. The van der Waals surface area contributed by atoms with Crippen LogP contribution in [-0.2, 0) is 21.1 Å². The molecule has 2 aromatic rings. The van der Waals surface area contributed by atoms with Crippen molar-refractivity contribution in [3.63, 3.8) is 0 Å². The van der Waals surface area contributed by atoms with Crippen LogP contribution in [0.25, 0.3) is 10.8 Å². The van der Waals surface area contributed by atoms with Crippen molar-refractivity contribution in [3.8, 4) is 0 Å². The van der Waals surface area contributed by atoms with E-state index < -0.39 is 0 Å². The van der Waals surface area contributed by atoms with Gasteiger partial charge in [-0.3, -0.25) is 0 Å². The molecule has 0 N–H and O–H groups in total. The summed E-state index contributed by atoms with van der Waals surface area (Å²) in [5.74, 6) is 0. The Morgan fingerprint density at radius 1 is 0.846 bits per heavy atom. The van der Waals surface area contributed by atoms with Gasteiger partial charge in [0.2, 0.25) is 0 Å². The first-order chi connectivity index (χ1) is 5.79.